The smallest absolute Gasteiger partial charge is 0.160 e. The molecule has 2 aliphatic heterocycles. The average molecular weight is 955 g/mol. The van der Waals surface area contributed by atoms with Gasteiger partial charge >= 0.3 is 0 Å². The van der Waals surface area contributed by atoms with Gasteiger partial charge in [0.25, 0.3) is 0 Å². The minimum atomic E-state index is -2.50. The lowest BCUT2D eigenvalue weighted by Gasteiger charge is -2.31. The maximum Gasteiger partial charge on any atom is 0.160 e. The standard InChI is InChI=1S/C65H58N2O2Si2/c1-37-20-25-44(26-21-37)66(49-29-22-38(2)32-41(49)5)52-35-56-58(60-45-16-12-14-18-54(45)68-62(52)60)47-27-28-48-59-57(71(10,11)65(48)64(47)70(56,8)9)36-53(63-61(59)46-17-13-15-19-55(46)69-63)67(50-30-23-39(3)33-42(50)6)51-31-24-40(4)34-43(51)7/h12-36H,1-11H3. The zero-order chi connectivity index (χ0) is 49.0. The maximum absolute atomic E-state index is 7.20. The van der Waals surface area contributed by atoms with Gasteiger partial charge in [-0.15, -0.1) is 0 Å². The second-order valence-electron chi connectivity index (χ2n) is 21.8. The molecule has 6 heteroatoms. The predicted molar refractivity (Wildman–Crippen MR) is 308 cm³/mol. The summed E-state index contributed by atoms with van der Waals surface area (Å²) in [6.07, 6.45) is 0. The summed E-state index contributed by atoms with van der Waals surface area (Å²) in [6.45, 7) is 25.9. The molecule has 71 heavy (non-hydrogen) atoms. The van der Waals surface area contributed by atoms with Crippen molar-refractivity contribution in [1.82, 2.24) is 0 Å². The number of hydrogen-bond donors (Lipinski definition) is 0. The van der Waals surface area contributed by atoms with E-state index in [4.69, 9.17) is 8.83 Å². The summed E-state index contributed by atoms with van der Waals surface area (Å²) < 4.78 is 14.4. The van der Waals surface area contributed by atoms with E-state index >= 15 is 0 Å². The van der Waals surface area contributed by atoms with Crippen molar-refractivity contribution in [3.05, 3.63) is 191 Å². The first-order valence-electron chi connectivity index (χ1n) is 25.2. The van der Waals surface area contributed by atoms with Gasteiger partial charge in [0.15, 0.2) is 11.2 Å². The second kappa shape index (κ2) is 15.3. The molecule has 2 aliphatic rings. The molecule has 0 bridgehead atoms. The van der Waals surface area contributed by atoms with Gasteiger partial charge in [0.2, 0.25) is 0 Å². The predicted octanol–water partition coefficient (Wildman–Crippen LogP) is 16.2. The van der Waals surface area contributed by atoms with Crippen LogP contribution in [0.25, 0.3) is 66.1 Å². The molecular weight excluding hydrogens is 897 g/mol. The van der Waals surface area contributed by atoms with Crippen molar-refractivity contribution in [3.8, 4) is 22.3 Å². The van der Waals surface area contributed by atoms with Gasteiger partial charge in [-0.25, -0.2) is 0 Å². The first-order valence-corrected chi connectivity index (χ1v) is 31.2. The molecule has 0 unspecified atom stereocenters. The Morgan fingerprint density at radius 2 is 0.746 bits per heavy atom. The molecule has 9 aromatic carbocycles. The lowest BCUT2D eigenvalue weighted by molar-refractivity contribution is 0.669. The molecule has 0 fully saturated rings. The van der Waals surface area contributed by atoms with Crippen LogP contribution in [0.15, 0.2) is 160 Å². The van der Waals surface area contributed by atoms with Crippen LogP contribution in [0.5, 0.6) is 0 Å². The number of benzene rings is 9. The van der Waals surface area contributed by atoms with Crippen LogP contribution in [0.4, 0.5) is 34.1 Å². The fourth-order valence-electron chi connectivity index (χ4n) is 12.9. The van der Waals surface area contributed by atoms with Gasteiger partial charge in [0.1, 0.15) is 27.3 Å². The van der Waals surface area contributed by atoms with Gasteiger partial charge in [-0.05, 0) is 163 Å². The van der Waals surface area contributed by atoms with Crippen molar-refractivity contribution in [1.29, 1.82) is 0 Å². The quantitative estimate of drug-likeness (QED) is 0.156. The van der Waals surface area contributed by atoms with Gasteiger partial charge < -0.3 is 18.6 Å². The van der Waals surface area contributed by atoms with Crippen molar-refractivity contribution in [2.75, 3.05) is 9.80 Å². The van der Waals surface area contributed by atoms with E-state index in [2.05, 4.69) is 236 Å². The van der Waals surface area contributed by atoms with E-state index in [1.54, 1.807) is 10.4 Å². The zero-order valence-electron chi connectivity index (χ0n) is 42.6. The Hall–Kier alpha value is -7.39. The van der Waals surface area contributed by atoms with Crippen LogP contribution < -0.4 is 30.5 Å². The molecule has 11 aromatic rings. The van der Waals surface area contributed by atoms with Crippen molar-refractivity contribution >= 4 is 115 Å². The Labute approximate surface area is 418 Å². The van der Waals surface area contributed by atoms with Crippen molar-refractivity contribution < 1.29 is 8.83 Å². The van der Waals surface area contributed by atoms with E-state index in [1.165, 1.54) is 87.7 Å². The minimum Gasteiger partial charge on any atom is -0.454 e. The molecule has 0 saturated heterocycles. The molecule has 0 N–H and O–H groups in total. The Balaban J connectivity index is 1.10. The van der Waals surface area contributed by atoms with E-state index in [9.17, 15) is 0 Å². The highest BCUT2D eigenvalue weighted by Gasteiger charge is 2.50. The fraction of sp³-hybridized carbons (Fsp3) is 0.169. The van der Waals surface area contributed by atoms with E-state index in [0.29, 0.717) is 0 Å². The number of hydrogen-bond acceptors (Lipinski definition) is 4. The highest BCUT2D eigenvalue weighted by molar-refractivity contribution is 7.13. The Kier molecular flexibility index (Phi) is 9.40. The van der Waals surface area contributed by atoms with Crippen molar-refractivity contribution in [3.63, 3.8) is 0 Å². The molecule has 0 aliphatic carbocycles. The van der Waals surface area contributed by atoms with E-state index in [0.717, 1.165) is 61.8 Å². The van der Waals surface area contributed by atoms with E-state index in [-0.39, 0.29) is 0 Å². The van der Waals surface area contributed by atoms with Crippen LogP contribution in [-0.2, 0) is 0 Å². The number of rotatable bonds is 6. The third-order valence-electron chi connectivity index (χ3n) is 16.2. The summed E-state index contributed by atoms with van der Waals surface area (Å²) in [5.74, 6) is 0. The van der Waals surface area contributed by atoms with Gasteiger partial charge in [-0.2, -0.15) is 0 Å². The lowest BCUT2D eigenvalue weighted by atomic mass is 9.94. The largest absolute Gasteiger partial charge is 0.454 e. The van der Waals surface area contributed by atoms with Crippen molar-refractivity contribution in [2.45, 2.75) is 74.7 Å². The third-order valence-corrected chi connectivity index (χ3v) is 23.4. The lowest BCUT2D eigenvalue weighted by Crippen LogP contribution is -2.63. The molecule has 13 rings (SSSR count). The Bertz CT molecular complexity index is 4040. The molecule has 4 nitrogen and oxygen atoms in total. The minimum absolute atomic E-state index is 0.914. The summed E-state index contributed by atoms with van der Waals surface area (Å²) in [7, 11) is -4.99. The molecule has 0 spiro atoms. The topological polar surface area (TPSA) is 32.8 Å². The fourth-order valence-corrected chi connectivity index (χ4v) is 21.4. The van der Waals surface area contributed by atoms with Gasteiger partial charge in [0, 0.05) is 44.3 Å². The molecule has 2 aromatic heterocycles. The van der Waals surface area contributed by atoms with Gasteiger partial charge in [0.05, 0.1) is 11.4 Å². The summed E-state index contributed by atoms with van der Waals surface area (Å²) >= 11 is 0. The third kappa shape index (κ3) is 6.20. The van der Waals surface area contributed by atoms with Crippen LogP contribution in [-0.4, -0.2) is 16.1 Å². The zero-order valence-corrected chi connectivity index (χ0v) is 44.6. The molecule has 0 saturated carbocycles. The maximum atomic E-state index is 7.20. The summed E-state index contributed by atoms with van der Waals surface area (Å²) in [6, 6.07) is 57.0. The van der Waals surface area contributed by atoms with E-state index in [1.807, 2.05) is 0 Å². The Morgan fingerprint density at radius 3 is 1.17 bits per heavy atom. The summed E-state index contributed by atoms with van der Waals surface area (Å²) in [4.78, 5) is 4.96. The highest BCUT2D eigenvalue weighted by Crippen LogP contribution is 2.52. The molecule has 0 amide bonds. The SMILES string of the molecule is Cc1ccc(N(c2ccc(C)cc2C)c2cc3c(c4c2oc2ccccc24)-c2ccc4c(c2[Si]3(C)C)[Si](C)(C)c2cc(N(c3ccc(C)cc3C)c3ccc(C)cc3C)c3oc5ccccc5c3c2-4)cc1. The number of furan rings is 2. The number of fused-ring (bicyclic) bond motifs is 15. The van der Waals surface area contributed by atoms with Crippen LogP contribution in [0, 0.1) is 48.5 Å². The van der Waals surface area contributed by atoms with Crippen LogP contribution in [0.2, 0.25) is 26.2 Å². The Morgan fingerprint density at radius 1 is 0.366 bits per heavy atom. The number of aryl methyl sites for hydroxylation is 7. The highest BCUT2D eigenvalue weighted by atomic mass is 28.3. The van der Waals surface area contributed by atoms with Crippen LogP contribution >= 0.6 is 0 Å². The summed E-state index contributed by atoms with van der Waals surface area (Å²) in [5.41, 5.74) is 24.6. The first-order chi connectivity index (χ1) is 34.1. The van der Waals surface area contributed by atoms with E-state index < -0.39 is 16.1 Å². The average Bonchev–Trinajstić information content (AvgIpc) is 4.04. The van der Waals surface area contributed by atoms with Crippen LogP contribution in [0.1, 0.15) is 38.9 Å². The van der Waals surface area contributed by atoms with Crippen LogP contribution in [0.3, 0.4) is 0 Å². The molecule has 0 radical (unpaired) electrons. The number of anilines is 6. The van der Waals surface area contributed by atoms with Gasteiger partial charge in [-0.1, -0.05) is 146 Å². The molecular formula is C65H58N2O2Si2. The normalized spacial score (nSPS) is 14.1. The second-order valence-corrected chi connectivity index (χ2v) is 30.4. The van der Waals surface area contributed by atoms with Crippen molar-refractivity contribution in [2.24, 2.45) is 0 Å². The number of nitrogens with zero attached hydrogens (tertiary/aromatic N) is 2. The number of para-hydroxylation sites is 2. The monoisotopic (exact) mass is 954 g/mol. The molecule has 4 heterocycles. The first kappa shape index (κ1) is 43.6. The molecule has 0 atom stereocenters. The summed E-state index contributed by atoms with van der Waals surface area (Å²) in [5, 5.41) is 10.9. The molecule has 348 valence electrons. The van der Waals surface area contributed by atoms with Gasteiger partial charge in [-0.3, -0.25) is 0 Å².